The lowest BCUT2D eigenvalue weighted by atomic mass is 9.93. The molecule has 0 saturated carbocycles. The van der Waals surface area contributed by atoms with Gasteiger partial charge < -0.3 is 4.52 Å². The molecule has 3 nitrogen and oxygen atoms in total. The molecule has 1 heterocycles. The SMILES string of the molecule is FC(F)(F)C(F)(c1ccc(-c2nc(-c3ccc4ccccc4c3)no2)cc1)C(F)(F)F. The molecule has 0 aliphatic heterocycles. The molecule has 0 amide bonds. The normalized spacial score (nSPS) is 13.0. The van der Waals surface area contributed by atoms with Crippen LogP contribution in [0.3, 0.4) is 0 Å². The van der Waals surface area contributed by atoms with E-state index in [4.69, 9.17) is 4.52 Å². The van der Waals surface area contributed by atoms with Crippen LogP contribution in [0.2, 0.25) is 0 Å². The Hall–Kier alpha value is -3.43. The molecule has 0 radical (unpaired) electrons. The fraction of sp³-hybridized carbons (Fsp3) is 0.143. The van der Waals surface area contributed by atoms with Crippen molar-refractivity contribution in [3.05, 3.63) is 72.3 Å². The molecule has 3 aromatic carbocycles. The van der Waals surface area contributed by atoms with Crippen molar-refractivity contribution in [1.82, 2.24) is 10.1 Å². The number of benzene rings is 3. The van der Waals surface area contributed by atoms with Crippen LogP contribution >= 0.6 is 0 Å². The molecule has 31 heavy (non-hydrogen) atoms. The molecule has 0 aliphatic carbocycles. The molecule has 0 saturated heterocycles. The molecule has 0 unspecified atom stereocenters. The number of hydrogen-bond acceptors (Lipinski definition) is 3. The third-order valence-electron chi connectivity index (χ3n) is 4.74. The van der Waals surface area contributed by atoms with E-state index in [1.807, 2.05) is 30.3 Å². The van der Waals surface area contributed by atoms with Crippen LogP contribution in [0.4, 0.5) is 30.7 Å². The summed E-state index contributed by atoms with van der Waals surface area (Å²) in [5.74, 6) is 0.0356. The first-order valence-electron chi connectivity index (χ1n) is 8.77. The van der Waals surface area contributed by atoms with Crippen molar-refractivity contribution >= 4 is 10.8 Å². The van der Waals surface area contributed by atoms with Gasteiger partial charge in [-0.25, -0.2) is 4.39 Å². The lowest BCUT2D eigenvalue weighted by Gasteiger charge is -2.30. The largest absolute Gasteiger partial charge is 0.435 e. The summed E-state index contributed by atoms with van der Waals surface area (Å²) >= 11 is 0. The van der Waals surface area contributed by atoms with E-state index in [1.54, 1.807) is 12.1 Å². The highest BCUT2D eigenvalue weighted by atomic mass is 19.4. The van der Waals surface area contributed by atoms with Crippen molar-refractivity contribution in [2.24, 2.45) is 0 Å². The Kier molecular flexibility index (Phi) is 4.75. The fourth-order valence-electron chi connectivity index (χ4n) is 3.12. The number of aromatic nitrogens is 2. The number of halogens is 7. The molecule has 4 aromatic rings. The summed E-state index contributed by atoms with van der Waals surface area (Å²) in [5.41, 5.74) is -6.45. The third-order valence-corrected chi connectivity index (χ3v) is 4.74. The van der Waals surface area contributed by atoms with Gasteiger partial charge in [-0.05, 0) is 29.0 Å². The average molecular weight is 440 g/mol. The van der Waals surface area contributed by atoms with E-state index < -0.39 is 23.6 Å². The van der Waals surface area contributed by atoms with Gasteiger partial charge in [-0.1, -0.05) is 53.7 Å². The Bertz CT molecular complexity index is 1210. The van der Waals surface area contributed by atoms with Gasteiger partial charge in [0.2, 0.25) is 5.82 Å². The van der Waals surface area contributed by atoms with E-state index in [2.05, 4.69) is 10.1 Å². The molecule has 0 fully saturated rings. The van der Waals surface area contributed by atoms with E-state index in [1.165, 1.54) is 0 Å². The lowest BCUT2D eigenvalue weighted by molar-refractivity contribution is -0.348. The number of nitrogens with zero attached hydrogens (tertiary/aromatic N) is 2. The minimum absolute atomic E-state index is 0.0370. The molecule has 4 rings (SSSR count). The molecule has 10 heteroatoms. The molecule has 0 N–H and O–H groups in total. The van der Waals surface area contributed by atoms with Crippen LogP contribution in [-0.4, -0.2) is 22.5 Å². The molecule has 0 spiro atoms. The van der Waals surface area contributed by atoms with Gasteiger partial charge in [0.1, 0.15) is 0 Å². The topological polar surface area (TPSA) is 38.9 Å². The van der Waals surface area contributed by atoms with Crippen LogP contribution in [0, 0.1) is 0 Å². The maximum absolute atomic E-state index is 14.1. The highest BCUT2D eigenvalue weighted by Crippen LogP contribution is 2.53. The standard InChI is InChI=1S/C21H11F7N2O/c22-19(20(23,24)25,21(26,27)28)16-9-7-13(8-10-16)18-29-17(30-31-18)15-6-5-12-3-1-2-4-14(12)11-15/h1-11H. The molecule has 0 aliphatic rings. The van der Waals surface area contributed by atoms with Gasteiger partial charge in [0.05, 0.1) is 0 Å². The Morgan fingerprint density at radius 2 is 1.23 bits per heavy atom. The summed E-state index contributed by atoms with van der Waals surface area (Å²) in [7, 11) is 0. The van der Waals surface area contributed by atoms with Crippen LogP contribution in [0.15, 0.2) is 71.3 Å². The third kappa shape index (κ3) is 3.51. The number of hydrogen-bond donors (Lipinski definition) is 0. The molecule has 1 aromatic heterocycles. The second kappa shape index (κ2) is 7.07. The highest BCUT2D eigenvalue weighted by molar-refractivity contribution is 5.86. The number of alkyl halides is 7. The van der Waals surface area contributed by atoms with E-state index in [0.717, 1.165) is 22.9 Å². The zero-order chi connectivity index (χ0) is 22.4. The number of rotatable bonds is 3. The van der Waals surface area contributed by atoms with Crippen LogP contribution < -0.4 is 0 Å². The average Bonchev–Trinajstić information content (AvgIpc) is 3.21. The second-order valence-corrected chi connectivity index (χ2v) is 6.72. The minimum atomic E-state index is -6.18. The Balaban J connectivity index is 1.67. The summed E-state index contributed by atoms with van der Waals surface area (Å²) in [4.78, 5) is 4.13. The van der Waals surface area contributed by atoms with E-state index in [9.17, 15) is 30.7 Å². The van der Waals surface area contributed by atoms with E-state index in [-0.39, 0.29) is 17.3 Å². The first-order chi connectivity index (χ1) is 14.5. The fourth-order valence-corrected chi connectivity index (χ4v) is 3.12. The van der Waals surface area contributed by atoms with Crippen molar-refractivity contribution in [2.75, 3.05) is 0 Å². The van der Waals surface area contributed by atoms with Gasteiger partial charge in [0.15, 0.2) is 0 Å². The zero-order valence-electron chi connectivity index (χ0n) is 15.3. The van der Waals surface area contributed by atoms with Gasteiger partial charge >= 0.3 is 18.0 Å². The monoisotopic (exact) mass is 440 g/mol. The molecule has 160 valence electrons. The van der Waals surface area contributed by atoms with Crippen molar-refractivity contribution in [1.29, 1.82) is 0 Å². The van der Waals surface area contributed by atoms with Crippen LogP contribution in [0.5, 0.6) is 0 Å². The molecule has 0 bridgehead atoms. The molecular formula is C21H11F7N2O. The van der Waals surface area contributed by atoms with Crippen LogP contribution in [-0.2, 0) is 5.67 Å². The van der Waals surface area contributed by atoms with Crippen molar-refractivity contribution in [2.45, 2.75) is 18.0 Å². The molecular weight excluding hydrogens is 429 g/mol. The first-order valence-corrected chi connectivity index (χ1v) is 8.77. The van der Waals surface area contributed by atoms with Gasteiger partial charge in [-0.2, -0.15) is 31.3 Å². The quantitative estimate of drug-likeness (QED) is 0.327. The summed E-state index contributed by atoms with van der Waals surface area (Å²) < 4.78 is 96.5. The Morgan fingerprint density at radius 1 is 0.645 bits per heavy atom. The van der Waals surface area contributed by atoms with Crippen LogP contribution in [0.1, 0.15) is 5.56 Å². The van der Waals surface area contributed by atoms with Crippen LogP contribution in [0.25, 0.3) is 33.6 Å². The predicted octanol–water partition coefficient (Wildman–Crippen LogP) is 6.85. The summed E-state index contributed by atoms with van der Waals surface area (Å²) in [6, 6.07) is 15.4. The maximum Gasteiger partial charge on any atom is 0.435 e. The van der Waals surface area contributed by atoms with Gasteiger partial charge in [0, 0.05) is 16.7 Å². The summed E-state index contributed by atoms with van der Waals surface area (Å²) in [6.07, 6.45) is -12.4. The molecule has 0 atom stereocenters. The number of fused-ring (bicyclic) bond motifs is 1. The van der Waals surface area contributed by atoms with Crippen molar-refractivity contribution in [3.63, 3.8) is 0 Å². The zero-order valence-corrected chi connectivity index (χ0v) is 15.3. The smallest absolute Gasteiger partial charge is 0.334 e. The Morgan fingerprint density at radius 3 is 1.84 bits per heavy atom. The van der Waals surface area contributed by atoms with E-state index in [0.29, 0.717) is 17.7 Å². The minimum Gasteiger partial charge on any atom is -0.334 e. The lowest BCUT2D eigenvalue weighted by Crippen LogP contribution is -2.50. The van der Waals surface area contributed by atoms with Gasteiger partial charge in [-0.15, -0.1) is 0 Å². The first kappa shape index (κ1) is 20.8. The Labute approximate surface area is 170 Å². The van der Waals surface area contributed by atoms with Crippen molar-refractivity contribution < 1.29 is 35.3 Å². The summed E-state index contributed by atoms with van der Waals surface area (Å²) in [5, 5.41) is 5.69. The van der Waals surface area contributed by atoms with E-state index >= 15 is 0 Å². The highest BCUT2D eigenvalue weighted by Gasteiger charge is 2.73. The predicted molar refractivity (Wildman–Crippen MR) is 97.6 cm³/mol. The van der Waals surface area contributed by atoms with Crippen molar-refractivity contribution in [3.8, 4) is 22.8 Å². The maximum atomic E-state index is 14.1. The van der Waals surface area contributed by atoms with Gasteiger partial charge in [0.25, 0.3) is 5.89 Å². The summed E-state index contributed by atoms with van der Waals surface area (Å²) in [6.45, 7) is 0. The van der Waals surface area contributed by atoms with Gasteiger partial charge in [-0.3, -0.25) is 0 Å². The second-order valence-electron chi connectivity index (χ2n) is 6.72.